The van der Waals surface area contributed by atoms with Crippen LogP contribution in [-0.4, -0.2) is 64.7 Å². The Labute approximate surface area is 109 Å². The Morgan fingerprint density at radius 3 is 3.11 bits per heavy atom. The Morgan fingerprint density at radius 2 is 2.42 bits per heavy atom. The van der Waals surface area contributed by atoms with Crippen LogP contribution in [0.5, 0.6) is 0 Å². The average molecular weight is 262 g/mol. The fourth-order valence-corrected chi connectivity index (χ4v) is 2.09. The molecule has 1 aromatic heterocycles. The van der Waals surface area contributed by atoms with Crippen molar-refractivity contribution in [2.75, 3.05) is 32.8 Å². The van der Waals surface area contributed by atoms with E-state index < -0.39 is 6.10 Å². The normalized spacial score (nSPS) is 23.7. The molecule has 0 saturated carbocycles. The standard InChI is InChI=1S/C11H14N6O2/c12-3-9-6-16(1-2-19-9)11(18)10-7-17(15-14-10)8-4-13-5-8/h7-9,13H,1-2,4-6H2. The number of rotatable bonds is 2. The van der Waals surface area contributed by atoms with Crippen LogP contribution >= 0.6 is 0 Å². The summed E-state index contributed by atoms with van der Waals surface area (Å²) in [6, 6.07) is 2.30. The second-order valence-corrected chi connectivity index (χ2v) is 4.64. The zero-order chi connectivity index (χ0) is 13.2. The summed E-state index contributed by atoms with van der Waals surface area (Å²) < 4.78 is 6.92. The molecule has 1 atom stereocenters. The van der Waals surface area contributed by atoms with E-state index >= 15 is 0 Å². The van der Waals surface area contributed by atoms with Crippen LogP contribution in [0.3, 0.4) is 0 Å². The van der Waals surface area contributed by atoms with Crippen LogP contribution in [0.2, 0.25) is 0 Å². The van der Waals surface area contributed by atoms with Gasteiger partial charge in [0, 0.05) is 19.6 Å². The van der Waals surface area contributed by atoms with Crippen LogP contribution in [0.1, 0.15) is 16.5 Å². The maximum Gasteiger partial charge on any atom is 0.276 e. The first-order valence-electron chi connectivity index (χ1n) is 6.21. The van der Waals surface area contributed by atoms with Crippen molar-refractivity contribution in [3.05, 3.63) is 11.9 Å². The molecule has 1 unspecified atom stereocenters. The number of ether oxygens (including phenoxy) is 1. The molecule has 1 aromatic rings. The highest BCUT2D eigenvalue weighted by Gasteiger charge is 2.28. The van der Waals surface area contributed by atoms with Gasteiger partial charge in [0.2, 0.25) is 0 Å². The summed E-state index contributed by atoms with van der Waals surface area (Å²) in [5.41, 5.74) is 0.325. The number of hydrogen-bond acceptors (Lipinski definition) is 6. The third-order valence-electron chi connectivity index (χ3n) is 3.36. The largest absolute Gasteiger partial charge is 0.360 e. The van der Waals surface area contributed by atoms with Crippen molar-refractivity contribution >= 4 is 5.91 Å². The van der Waals surface area contributed by atoms with Crippen LogP contribution < -0.4 is 5.32 Å². The van der Waals surface area contributed by atoms with Gasteiger partial charge >= 0.3 is 0 Å². The summed E-state index contributed by atoms with van der Waals surface area (Å²) in [7, 11) is 0. The predicted octanol–water partition coefficient (Wildman–Crippen LogP) is -1.21. The van der Waals surface area contributed by atoms with Gasteiger partial charge in [0.25, 0.3) is 5.91 Å². The van der Waals surface area contributed by atoms with E-state index in [9.17, 15) is 4.79 Å². The van der Waals surface area contributed by atoms with Crippen LogP contribution in [-0.2, 0) is 4.74 Å². The summed E-state index contributed by atoms with van der Waals surface area (Å²) in [5, 5.41) is 19.9. The van der Waals surface area contributed by atoms with E-state index in [1.165, 1.54) is 0 Å². The fraction of sp³-hybridized carbons (Fsp3) is 0.636. The lowest BCUT2D eigenvalue weighted by atomic mass is 10.2. The molecule has 2 aliphatic heterocycles. The van der Waals surface area contributed by atoms with Crippen LogP contribution in [0, 0.1) is 11.3 Å². The third-order valence-corrected chi connectivity index (χ3v) is 3.36. The minimum atomic E-state index is -0.552. The van der Waals surface area contributed by atoms with Gasteiger partial charge in [-0.1, -0.05) is 5.21 Å². The molecule has 19 heavy (non-hydrogen) atoms. The van der Waals surface area contributed by atoms with Gasteiger partial charge in [-0.05, 0) is 0 Å². The number of carbonyl (C=O) groups is 1. The number of carbonyl (C=O) groups excluding carboxylic acids is 1. The molecule has 3 heterocycles. The number of amides is 1. The molecule has 8 heteroatoms. The highest BCUT2D eigenvalue weighted by atomic mass is 16.5. The Kier molecular flexibility index (Phi) is 3.15. The van der Waals surface area contributed by atoms with Gasteiger partial charge in [0.1, 0.15) is 0 Å². The summed E-state index contributed by atoms with van der Waals surface area (Å²) in [4.78, 5) is 13.8. The van der Waals surface area contributed by atoms with Gasteiger partial charge < -0.3 is 15.0 Å². The highest BCUT2D eigenvalue weighted by molar-refractivity contribution is 5.92. The lowest BCUT2D eigenvalue weighted by Gasteiger charge is -2.29. The quantitative estimate of drug-likeness (QED) is 0.718. The van der Waals surface area contributed by atoms with E-state index in [4.69, 9.17) is 10.00 Å². The number of nitriles is 1. The molecule has 8 nitrogen and oxygen atoms in total. The Bertz CT molecular complexity index is 518. The van der Waals surface area contributed by atoms with Gasteiger partial charge in [-0.15, -0.1) is 5.10 Å². The number of hydrogen-bond donors (Lipinski definition) is 1. The number of aromatic nitrogens is 3. The van der Waals surface area contributed by atoms with E-state index in [1.54, 1.807) is 15.8 Å². The topological polar surface area (TPSA) is 96.1 Å². The van der Waals surface area contributed by atoms with Crippen LogP contribution in [0.4, 0.5) is 0 Å². The summed E-state index contributed by atoms with van der Waals surface area (Å²) >= 11 is 0. The second-order valence-electron chi connectivity index (χ2n) is 4.64. The molecular weight excluding hydrogens is 248 g/mol. The Hall–Kier alpha value is -1.98. The lowest BCUT2D eigenvalue weighted by molar-refractivity contribution is 0.00319. The zero-order valence-electron chi connectivity index (χ0n) is 10.3. The van der Waals surface area contributed by atoms with Gasteiger partial charge in [0.05, 0.1) is 31.5 Å². The van der Waals surface area contributed by atoms with Gasteiger partial charge in [0.15, 0.2) is 11.8 Å². The predicted molar refractivity (Wildman–Crippen MR) is 63.2 cm³/mol. The zero-order valence-corrected chi connectivity index (χ0v) is 10.3. The smallest absolute Gasteiger partial charge is 0.276 e. The molecule has 0 aromatic carbocycles. The molecule has 1 N–H and O–H groups in total. The molecular formula is C11H14N6O2. The van der Waals surface area contributed by atoms with Gasteiger partial charge in [-0.3, -0.25) is 4.79 Å². The van der Waals surface area contributed by atoms with E-state index in [1.807, 2.05) is 6.07 Å². The van der Waals surface area contributed by atoms with Crippen molar-refractivity contribution < 1.29 is 9.53 Å². The molecule has 1 amide bonds. The molecule has 3 rings (SSSR count). The lowest BCUT2D eigenvalue weighted by Crippen LogP contribution is -2.45. The first-order valence-corrected chi connectivity index (χ1v) is 6.21. The van der Waals surface area contributed by atoms with Crippen LogP contribution in [0.15, 0.2) is 6.20 Å². The van der Waals surface area contributed by atoms with Gasteiger partial charge in [-0.25, -0.2) is 4.68 Å². The van der Waals surface area contributed by atoms with Crippen molar-refractivity contribution in [3.63, 3.8) is 0 Å². The van der Waals surface area contributed by atoms with E-state index in [-0.39, 0.29) is 18.5 Å². The van der Waals surface area contributed by atoms with Crippen molar-refractivity contribution in [1.82, 2.24) is 25.2 Å². The van der Waals surface area contributed by atoms with Crippen molar-refractivity contribution in [2.24, 2.45) is 0 Å². The van der Waals surface area contributed by atoms with E-state index in [0.29, 0.717) is 18.8 Å². The van der Waals surface area contributed by atoms with E-state index in [2.05, 4.69) is 15.6 Å². The highest BCUT2D eigenvalue weighted by Crippen LogP contribution is 2.12. The summed E-state index contributed by atoms with van der Waals surface area (Å²) in [6.07, 6.45) is 1.12. The Balaban J connectivity index is 1.69. The van der Waals surface area contributed by atoms with Crippen molar-refractivity contribution in [2.45, 2.75) is 12.1 Å². The molecule has 0 bridgehead atoms. The minimum absolute atomic E-state index is 0.193. The molecule has 100 valence electrons. The first-order chi connectivity index (χ1) is 9.28. The monoisotopic (exact) mass is 262 g/mol. The number of morpholine rings is 1. The molecule has 0 spiro atoms. The molecule has 0 aliphatic carbocycles. The molecule has 2 saturated heterocycles. The van der Waals surface area contributed by atoms with Crippen molar-refractivity contribution in [3.8, 4) is 6.07 Å². The first kappa shape index (κ1) is 12.1. The maximum absolute atomic E-state index is 12.2. The number of nitrogens with one attached hydrogen (secondary N) is 1. The summed E-state index contributed by atoms with van der Waals surface area (Å²) in [6.45, 7) is 2.85. The van der Waals surface area contributed by atoms with Crippen molar-refractivity contribution in [1.29, 1.82) is 5.26 Å². The molecule has 0 radical (unpaired) electrons. The Morgan fingerprint density at radius 1 is 1.58 bits per heavy atom. The number of nitrogens with zero attached hydrogens (tertiary/aromatic N) is 5. The summed E-state index contributed by atoms with van der Waals surface area (Å²) in [5.74, 6) is -0.193. The second kappa shape index (κ2) is 4.95. The average Bonchev–Trinajstić information content (AvgIpc) is 2.85. The van der Waals surface area contributed by atoms with E-state index in [0.717, 1.165) is 13.1 Å². The fourth-order valence-electron chi connectivity index (χ4n) is 2.09. The van der Waals surface area contributed by atoms with Gasteiger partial charge in [-0.2, -0.15) is 5.26 Å². The molecule has 2 aliphatic rings. The molecule has 2 fully saturated rings. The SMILES string of the molecule is N#CC1CN(C(=O)c2cn(C3CNC3)nn2)CCO1. The third kappa shape index (κ3) is 2.30. The minimum Gasteiger partial charge on any atom is -0.360 e. The maximum atomic E-state index is 12.2. The van der Waals surface area contributed by atoms with Crippen LogP contribution in [0.25, 0.3) is 0 Å².